The molecule has 2 heterocycles. The van der Waals surface area contributed by atoms with E-state index >= 15 is 0 Å². The minimum absolute atomic E-state index is 0.404. The molecular formula is C13H11Cl3N2S. The molecule has 1 aliphatic carbocycles. The number of thiophene rings is 1. The van der Waals surface area contributed by atoms with Gasteiger partial charge in [-0.15, -0.1) is 11.3 Å². The van der Waals surface area contributed by atoms with Gasteiger partial charge in [-0.2, -0.15) is 0 Å². The van der Waals surface area contributed by atoms with Crippen LogP contribution in [0.4, 0.5) is 0 Å². The average molecular weight is 334 g/mol. The fraction of sp³-hybridized carbons (Fsp3) is 0.385. The van der Waals surface area contributed by atoms with Gasteiger partial charge < -0.3 is 0 Å². The normalized spacial score (nSPS) is 16.2. The molecule has 0 unspecified atom stereocenters. The van der Waals surface area contributed by atoms with Gasteiger partial charge >= 0.3 is 0 Å². The van der Waals surface area contributed by atoms with E-state index in [1.807, 2.05) is 11.4 Å². The molecule has 2 aromatic rings. The van der Waals surface area contributed by atoms with Gasteiger partial charge in [0.25, 0.3) is 0 Å². The van der Waals surface area contributed by atoms with Crippen LogP contribution >= 0.6 is 46.1 Å². The first-order chi connectivity index (χ1) is 9.15. The summed E-state index contributed by atoms with van der Waals surface area (Å²) in [6, 6.07) is 1.82. The highest BCUT2D eigenvalue weighted by Crippen LogP contribution is 2.41. The van der Waals surface area contributed by atoms with Gasteiger partial charge in [0.2, 0.25) is 0 Å². The number of aromatic nitrogens is 2. The van der Waals surface area contributed by atoms with Crippen LogP contribution in [0.15, 0.2) is 11.4 Å². The van der Waals surface area contributed by atoms with E-state index in [4.69, 9.17) is 34.8 Å². The van der Waals surface area contributed by atoms with Crippen molar-refractivity contribution in [3.05, 3.63) is 32.3 Å². The first-order valence-corrected chi connectivity index (χ1v) is 8.14. The highest BCUT2D eigenvalue weighted by Gasteiger charge is 2.24. The third-order valence-corrected chi connectivity index (χ3v) is 5.25. The Morgan fingerprint density at radius 2 is 1.68 bits per heavy atom. The topological polar surface area (TPSA) is 25.8 Å². The van der Waals surface area contributed by atoms with E-state index in [9.17, 15) is 0 Å². The zero-order valence-corrected chi connectivity index (χ0v) is 13.1. The maximum atomic E-state index is 6.31. The molecule has 19 heavy (non-hydrogen) atoms. The molecule has 2 aromatic heterocycles. The molecule has 2 nitrogen and oxygen atoms in total. The van der Waals surface area contributed by atoms with Crippen molar-refractivity contribution < 1.29 is 0 Å². The van der Waals surface area contributed by atoms with Crippen LogP contribution in [0.2, 0.25) is 15.3 Å². The van der Waals surface area contributed by atoms with Gasteiger partial charge in [-0.1, -0.05) is 47.6 Å². The van der Waals surface area contributed by atoms with E-state index in [-0.39, 0.29) is 0 Å². The van der Waals surface area contributed by atoms with Gasteiger partial charge in [-0.25, -0.2) is 9.97 Å². The number of hydrogen-bond acceptors (Lipinski definition) is 3. The third-order valence-electron chi connectivity index (χ3n) is 3.40. The van der Waals surface area contributed by atoms with E-state index in [0.717, 1.165) is 23.3 Å². The Morgan fingerprint density at radius 3 is 2.21 bits per heavy atom. The molecule has 0 radical (unpaired) electrons. The lowest BCUT2D eigenvalue weighted by atomic mass is 10.0. The Kier molecular flexibility index (Phi) is 3.99. The summed E-state index contributed by atoms with van der Waals surface area (Å²) >= 11 is 20.0. The summed E-state index contributed by atoms with van der Waals surface area (Å²) in [4.78, 5) is 9.65. The first-order valence-electron chi connectivity index (χ1n) is 6.12. The lowest BCUT2D eigenvalue weighted by molar-refractivity contribution is 0.715. The molecule has 0 saturated heterocycles. The number of rotatable bonds is 2. The van der Waals surface area contributed by atoms with Crippen molar-refractivity contribution >= 4 is 46.1 Å². The van der Waals surface area contributed by atoms with Crippen LogP contribution in [0.1, 0.15) is 37.2 Å². The van der Waals surface area contributed by atoms with E-state index in [0.29, 0.717) is 27.1 Å². The summed E-state index contributed by atoms with van der Waals surface area (Å²) in [7, 11) is 0. The number of halogens is 3. The third kappa shape index (κ3) is 2.75. The second-order valence-corrected chi connectivity index (χ2v) is 6.72. The van der Waals surface area contributed by atoms with Gasteiger partial charge in [0.15, 0.2) is 5.82 Å². The lowest BCUT2D eigenvalue weighted by Gasteiger charge is -2.13. The lowest BCUT2D eigenvalue weighted by Crippen LogP contribution is -2.01. The number of nitrogens with zero attached hydrogens (tertiary/aromatic N) is 2. The van der Waals surface area contributed by atoms with Crippen LogP contribution in [0.3, 0.4) is 0 Å². The maximum absolute atomic E-state index is 6.31. The minimum Gasteiger partial charge on any atom is -0.215 e. The molecule has 0 aromatic carbocycles. The van der Waals surface area contributed by atoms with Crippen molar-refractivity contribution in [2.24, 2.45) is 0 Å². The van der Waals surface area contributed by atoms with Gasteiger partial charge in [-0.3, -0.25) is 0 Å². The van der Waals surface area contributed by atoms with E-state index in [2.05, 4.69) is 9.97 Å². The Hall–Kier alpha value is -0.350. The molecule has 0 N–H and O–H groups in total. The largest absolute Gasteiger partial charge is 0.215 e. The molecule has 0 amide bonds. The maximum Gasteiger partial charge on any atom is 0.172 e. The Balaban J connectivity index is 2.02. The summed E-state index contributed by atoms with van der Waals surface area (Å²) in [6.07, 6.45) is 4.68. The van der Waals surface area contributed by atoms with Crippen molar-refractivity contribution in [1.29, 1.82) is 0 Å². The van der Waals surface area contributed by atoms with Crippen LogP contribution < -0.4 is 0 Å². The monoisotopic (exact) mass is 332 g/mol. The van der Waals surface area contributed by atoms with Crippen molar-refractivity contribution in [3.8, 4) is 10.7 Å². The van der Waals surface area contributed by atoms with Crippen LogP contribution in [0, 0.1) is 0 Å². The molecule has 0 atom stereocenters. The summed E-state index contributed by atoms with van der Waals surface area (Å²) < 4.78 is 0. The smallest absolute Gasteiger partial charge is 0.172 e. The van der Waals surface area contributed by atoms with E-state index in [1.54, 1.807) is 0 Å². The molecule has 0 bridgehead atoms. The fourth-order valence-electron chi connectivity index (χ4n) is 2.51. The zero-order valence-electron chi connectivity index (χ0n) is 10.00. The van der Waals surface area contributed by atoms with Crippen molar-refractivity contribution in [1.82, 2.24) is 9.97 Å². The minimum atomic E-state index is 0.404. The summed E-state index contributed by atoms with van der Waals surface area (Å²) in [5, 5.41) is 3.47. The molecule has 6 heteroatoms. The van der Waals surface area contributed by atoms with Gasteiger partial charge in [-0.05, 0) is 24.8 Å². The average Bonchev–Trinajstić information content (AvgIpc) is 2.99. The van der Waals surface area contributed by atoms with E-state index in [1.165, 1.54) is 24.2 Å². The molecule has 0 spiro atoms. The fourth-order valence-corrected chi connectivity index (χ4v) is 4.21. The molecular weight excluding hydrogens is 323 g/mol. The molecule has 0 aliphatic heterocycles. The molecule has 1 saturated carbocycles. The van der Waals surface area contributed by atoms with Crippen LogP contribution in [0.5, 0.6) is 0 Å². The van der Waals surface area contributed by atoms with Crippen LogP contribution in [-0.4, -0.2) is 9.97 Å². The SMILES string of the molecule is Clc1csc(-c2nc(Cl)c(C3CCCC3)c(Cl)n2)c1. The van der Waals surface area contributed by atoms with Gasteiger partial charge in [0.05, 0.1) is 9.90 Å². The summed E-state index contributed by atoms with van der Waals surface area (Å²) in [6.45, 7) is 0. The number of hydrogen-bond donors (Lipinski definition) is 0. The first kappa shape index (κ1) is 13.6. The highest BCUT2D eigenvalue weighted by atomic mass is 35.5. The predicted molar refractivity (Wildman–Crippen MR) is 81.6 cm³/mol. The zero-order chi connectivity index (χ0) is 13.4. The van der Waals surface area contributed by atoms with Gasteiger partial charge in [0.1, 0.15) is 10.3 Å². The van der Waals surface area contributed by atoms with Crippen molar-refractivity contribution in [3.63, 3.8) is 0 Å². The Bertz CT molecular complexity index is 583. The molecule has 3 rings (SSSR count). The van der Waals surface area contributed by atoms with E-state index < -0.39 is 0 Å². The van der Waals surface area contributed by atoms with Crippen LogP contribution in [-0.2, 0) is 0 Å². The molecule has 100 valence electrons. The van der Waals surface area contributed by atoms with Crippen molar-refractivity contribution in [2.75, 3.05) is 0 Å². The molecule has 1 aliphatic rings. The Morgan fingerprint density at radius 1 is 1.05 bits per heavy atom. The Labute approximate surface area is 130 Å². The summed E-state index contributed by atoms with van der Waals surface area (Å²) in [5.74, 6) is 0.953. The van der Waals surface area contributed by atoms with Crippen molar-refractivity contribution in [2.45, 2.75) is 31.6 Å². The van der Waals surface area contributed by atoms with Gasteiger partial charge in [0, 0.05) is 10.9 Å². The standard InChI is InChI=1S/C13H11Cl3N2S/c14-8-5-9(19-6-8)13-17-11(15)10(12(16)18-13)7-3-1-2-4-7/h5-7H,1-4H2. The quantitative estimate of drug-likeness (QED) is 0.647. The predicted octanol–water partition coefficient (Wildman–Crippen LogP) is 5.82. The highest BCUT2D eigenvalue weighted by molar-refractivity contribution is 7.14. The molecule has 1 fully saturated rings. The second kappa shape index (κ2) is 5.57. The van der Waals surface area contributed by atoms with Crippen LogP contribution in [0.25, 0.3) is 10.7 Å². The summed E-state index contributed by atoms with van der Waals surface area (Å²) in [5.41, 5.74) is 0.909. The second-order valence-electron chi connectivity index (χ2n) is 4.65.